The summed E-state index contributed by atoms with van der Waals surface area (Å²) in [7, 11) is 0. The molecule has 4 heterocycles. The molecule has 1 saturated heterocycles. The number of aromatic nitrogens is 3. The minimum Gasteiger partial charge on any atom is -0.348 e. The molecule has 5 nitrogen and oxygen atoms in total. The van der Waals surface area contributed by atoms with Gasteiger partial charge in [0.2, 0.25) is 0 Å². The Balaban J connectivity index is 1.31. The molecule has 146 valence electrons. The van der Waals surface area contributed by atoms with E-state index in [1.807, 2.05) is 17.7 Å². The van der Waals surface area contributed by atoms with Crippen LogP contribution in [0.3, 0.4) is 0 Å². The number of aryl methyl sites for hydroxylation is 2. The number of aromatic amines is 1. The summed E-state index contributed by atoms with van der Waals surface area (Å²) in [5, 5.41) is 1.34. The summed E-state index contributed by atoms with van der Waals surface area (Å²) < 4.78 is 0. The quantitative estimate of drug-likeness (QED) is 0.875. The van der Waals surface area contributed by atoms with Crippen molar-refractivity contribution in [3.63, 3.8) is 0 Å². The van der Waals surface area contributed by atoms with Crippen LogP contribution in [-0.2, 0) is 31.3 Å². The highest BCUT2D eigenvalue weighted by molar-refractivity contribution is 7.11. The van der Waals surface area contributed by atoms with Crippen LogP contribution in [0.25, 0.3) is 0 Å². The molecule has 0 amide bonds. The molecule has 0 unspecified atom stereocenters. The third-order valence-corrected chi connectivity index (χ3v) is 7.96. The lowest BCUT2D eigenvalue weighted by Gasteiger charge is -2.50. The van der Waals surface area contributed by atoms with E-state index in [9.17, 15) is 0 Å². The van der Waals surface area contributed by atoms with Gasteiger partial charge in [-0.3, -0.25) is 9.80 Å². The van der Waals surface area contributed by atoms with E-state index in [1.54, 1.807) is 4.88 Å². The number of thiazole rings is 1. The van der Waals surface area contributed by atoms with Crippen LogP contribution in [0.1, 0.15) is 66.0 Å². The lowest BCUT2D eigenvalue weighted by Crippen LogP contribution is -2.56. The molecule has 3 aliphatic rings. The lowest BCUT2D eigenvalue weighted by atomic mass is 9.78. The van der Waals surface area contributed by atoms with Gasteiger partial charge in [-0.05, 0) is 51.5 Å². The van der Waals surface area contributed by atoms with Gasteiger partial charge < -0.3 is 4.98 Å². The number of fused-ring (bicyclic) bond motifs is 3. The maximum Gasteiger partial charge on any atom is 0.107 e. The molecule has 2 aromatic rings. The Labute approximate surface area is 166 Å². The van der Waals surface area contributed by atoms with Crippen LogP contribution >= 0.6 is 11.3 Å². The van der Waals surface area contributed by atoms with Crippen LogP contribution in [0.2, 0.25) is 0 Å². The van der Waals surface area contributed by atoms with E-state index in [4.69, 9.17) is 9.97 Å². The molecule has 2 aliphatic heterocycles. The first-order valence-electron chi connectivity index (χ1n) is 10.8. The van der Waals surface area contributed by atoms with Gasteiger partial charge >= 0.3 is 0 Å². The first-order chi connectivity index (χ1) is 13.3. The van der Waals surface area contributed by atoms with Gasteiger partial charge in [0.25, 0.3) is 0 Å². The summed E-state index contributed by atoms with van der Waals surface area (Å²) in [6.07, 6.45) is 11.7. The van der Waals surface area contributed by atoms with Crippen LogP contribution in [0.15, 0.2) is 6.33 Å². The molecule has 27 heavy (non-hydrogen) atoms. The van der Waals surface area contributed by atoms with Crippen molar-refractivity contribution >= 4 is 11.3 Å². The number of likely N-dealkylation sites (tertiary alicyclic amines) is 1. The minimum atomic E-state index is 0.155. The van der Waals surface area contributed by atoms with Gasteiger partial charge in [-0.15, -0.1) is 11.3 Å². The van der Waals surface area contributed by atoms with Crippen LogP contribution in [0, 0.1) is 0 Å². The standard InChI is InChI=1S/C21H31N5S/c1-2-10-26-11-7-17-20(23-15-22-17)21(26)8-12-25(13-9-21)14-19-24-16-5-3-4-6-18(16)27-19/h15H,2-14H2,1H3,(H,22,23). The number of nitrogens with one attached hydrogen (secondary N) is 1. The highest BCUT2D eigenvalue weighted by atomic mass is 32.1. The third kappa shape index (κ3) is 3.15. The molecule has 1 aliphatic carbocycles. The molecule has 1 spiro atoms. The van der Waals surface area contributed by atoms with Crippen molar-refractivity contribution in [2.24, 2.45) is 0 Å². The highest BCUT2D eigenvalue weighted by Gasteiger charge is 2.46. The second-order valence-electron chi connectivity index (χ2n) is 8.46. The topological polar surface area (TPSA) is 48.1 Å². The summed E-state index contributed by atoms with van der Waals surface area (Å²) >= 11 is 1.97. The molecule has 6 heteroatoms. The van der Waals surface area contributed by atoms with Gasteiger partial charge in [0, 0.05) is 36.6 Å². The number of H-pyrrole nitrogens is 1. The number of piperidine rings is 1. The molecule has 0 saturated carbocycles. The Kier molecular flexibility index (Phi) is 4.82. The largest absolute Gasteiger partial charge is 0.348 e. The fraction of sp³-hybridized carbons (Fsp3) is 0.714. The normalized spacial score (nSPS) is 22.7. The molecule has 0 atom stereocenters. The van der Waals surface area contributed by atoms with Crippen LogP contribution in [0.4, 0.5) is 0 Å². The minimum absolute atomic E-state index is 0.155. The van der Waals surface area contributed by atoms with E-state index in [1.165, 1.54) is 80.1 Å². The second-order valence-corrected chi connectivity index (χ2v) is 9.63. The summed E-state index contributed by atoms with van der Waals surface area (Å²) in [6, 6.07) is 0. The Hall–Kier alpha value is -1.24. The average Bonchev–Trinajstić information content (AvgIpc) is 3.33. The predicted molar refractivity (Wildman–Crippen MR) is 109 cm³/mol. The van der Waals surface area contributed by atoms with Crippen molar-refractivity contribution in [2.75, 3.05) is 26.2 Å². The van der Waals surface area contributed by atoms with Gasteiger partial charge in [0.1, 0.15) is 5.01 Å². The monoisotopic (exact) mass is 385 g/mol. The number of imidazole rings is 1. The van der Waals surface area contributed by atoms with Crippen molar-refractivity contribution in [1.29, 1.82) is 0 Å². The lowest BCUT2D eigenvalue weighted by molar-refractivity contribution is 0.00350. The zero-order valence-electron chi connectivity index (χ0n) is 16.5. The van der Waals surface area contributed by atoms with E-state index in [0.717, 1.165) is 26.1 Å². The first-order valence-corrected chi connectivity index (χ1v) is 11.6. The Morgan fingerprint density at radius 1 is 1.15 bits per heavy atom. The Morgan fingerprint density at radius 3 is 2.81 bits per heavy atom. The number of hydrogen-bond acceptors (Lipinski definition) is 5. The van der Waals surface area contributed by atoms with Crippen LogP contribution in [0.5, 0.6) is 0 Å². The van der Waals surface area contributed by atoms with Gasteiger partial charge in [-0.1, -0.05) is 6.92 Å². The van der Waals surface area contributed by atoms with Gasteiger partial charge in [-0.2, -0.15) is 0 Å². The molecule has 2 aromatic heterocycles. The predicted octanol–water partition coefficient (Wildman–Crippen LogP) is 3.50. The summed E-state index contributed by atoms with van der Waals surface area (Å²) in [5.41, 5.74) is 4.27. The molecular weight excluding hydrogens is 354 g/mol. The fourth-order valence-corrected chi connectivity index (χ4v) is 6.62. The first kappa shape index (κ1) is 17.8. The van der Waals surface area contributed by atoms with Crippen molar-refractivity contribution in [3.8, 4) is 0 Å². The molecule has 0 bridgehead atoms. The van der Waals surface area contributed by atoms with Gasteiger partial charge in [0.05, 0.1) is 29.8 Å². The Morgan fingerprint density at radius 2 is 2.00 bits per heavy atom. The molecule has 1 fully saturated rings. The summed E-state index contributed by atoms with van der Waals surface area (Å²) in [5.74, 6) is 0. The number of nitrogens with zero attached hydrogens (tertiary/aromatic N) is 4. The average molecular weight is 386 g/mol. The van der Waals surface area contributed by atoms with Crippen LogP contribution in [-0.4, -0.2) is 50.9 Å². The zero-order chi connectivity index (χ0) is 18.3. The maximum atomic E-state index is 4.97. The van der Waals surface area contributed by atoms with Crippen molar-refractivity contribution in [1.82, 2.24) is 24.8 Å². The highest BCUT2D eigenvalue weighted by Crippen LogP contribution is 2.42. The van der Waals surface area contributed by atoms with E-state index < -0.39 is 0 Å². The third-order valence-electron chi connectivity index (χ3n) is 6.82. The molecule has 5 rings (SSSR count). The van der Waals surface area contributed by atoms with Crippen LogP contribution < -0.4 is 0 Å². The number of hydrogen-bond donors (Lipinski definition) is 1. The Bertz CT molecular complexity index is 763. The van der Waals surface area contributed by atoms with Gasteiger partial charge in [-0.25, -0.2) is 9.97 Å². The maximum absolute atomic E-state index is 4.97. The van der Waals surface area contributed by atoms with Gasteiger partial charge in [0.15, 0.2) is 0 Å². The zero-order valence-corrected chi connectivity index (χ0v) is 17.3. The van der Waals surface area contributed by atoms with E-state index in [0.29, 0.717) is 0 Å². The van der Waals surface area contributed by atoms with Crippen molar-refractivity contribution in [2.45, 2.75) is 70.4 Å². The van der Waals surface area contributed by atoms with E-state index in [-0.39, 0.29) is 5.54 Å². The molecular formula is C21H31N5S. The van der Waals surface area contributed by atoms with Crippen molar-refractivity contribution in [3.05, 3.63) is 33.3 Å². The van der Waals surface area contributed by atoms with E-state index in [2.05, 4.69) is 21.7 Å². The van der Waals surface area contributed by atoms with Crippen molar-refractivity contribution < 1.29 is 0 Å². The molecule has 0 radical (unpaired) electrons. The smallest absolute Gasteiger partial charge is 0.107 e. The van der Waals surface area contributed by atoms with E-state index >= 15 is 0 Å². The SMILES string of the molecule is CCCN1CCc2[nH]cnc2C12CCN(Cc1nc3c(s1)CCCC3)CC2. The fourth-order valence-electron chi connectivity index (χ4n) is 5.42. The summed E-state index contributed by atoms with van der Waals surface area (Å²) in [6.45, 7) is 7.99. The number of rotatable bonds is 4. The second kappa shape index (κ2) is 7.30. The summed E-state index contributed by atoms with van der Waals surface area (Å²) in [4.78, 5) is 20.1. The molecule has 0 aromatic carbocycles. The molecule has 1 N–H and O–H groups in total.